The van der Waals surface area contributed by atoms with Gasteiger partial charge in [0, 0.05) is 6.42 Å². The molecule has 3 N–H and O–H groups in total. The summed E-state index contributed by atoms with van der Waals surface area (Å²) in [6.45, 7) is 0.416. The third-order valence-electron chi connectivity index (χ3n) is 5.65. The Kier molecular flexibility index (Phi) is 6.64. The van der Waals surface area contributed by atoms with Crippen LogP contribution in [0.2, 0.25) is 0 Å². The molecule has 8 heteroatoms. The molecule has 31 heavy (non-hydrogen) atoms. The fourth-order valence-corrected chi connectivity index (χ4v) is 4.01. The van der Waals surface area contributed by atoms with E-state index in [1.165, 1.54) is 0 Å². The van der Waals surface area contributed by atoms with Gasteiger partial charge in [-0.25, -0.2) is 0 Å². The summed E-state index contributed by atoms with van der Waals surface area (Å²) in [5.41, 5.74) is 2.81. The van der Waals surface area contributed by atoms with Crippen LogP contribution in [0.25, 0.3) is 5.57 Å². The van der Waals surface area contributed by atoms with Crippen LogP contribution >= 0.6 is 0 Å². The zero-order valence-electron chi connectivity index (χ0n) is 17.8. The van der Waals surface area contributed by atoms with Gasteiger partial charge in [-0.2, -0.15) is 0 Å². The van der Waals surface area contributed by atoms with Crippen molar-refractivity contribution >= 4 is 5.57 Å². The van der Waals surface area contributed by atoms with E-state index in [9.17, 15) is 15.3 Å². The number of hydrogen-bond donors (Lipinski definition) is 3. The first-order valence-corrected chi connectivity index (χ1v) is 10.5. The lowest BCUT2D eigenvalue weighted by molar-refractivity contribution is -0.179. The monoisotopic (exact) mass is 427 g/mol. The third kappa shape index (κ3) is 4.94. The highest BCUT2D eigenvalue weighted by molar-refractivity contribution is 5.75. The van der Waals surface area contributed by atoms with E-state index in [1.54, 1.807) is 0 Å². The highest BCUT2D eigenvalue weighted by Gasteiger charge is 2.37. The molecule has 1 aromatic heterocycles. The van der Waals surface area contributed by atoms with E-state index in [4.69, 9.17) is 9.15 Å². The van der Waals surface area contributed by atoms with Crippen molar-refractivity contribution in [2.24, 2.45) is 0 Å². The maximum atomic E-state index is 10.4. The molecule has 0 radical (unpaired) electrons. The van der Waals surface area contributed by atoms with Crippen LogP contribution in [0.1, 0.15) is 47.8 Å². The minimum Gasteiger partial charge on any atom is -0.423 e. The number of allylic oxidation sites excluding steroid dienone is 4. The van der Waals surface area contributed by atoms with Crippen LogP contribution < -0.4 is 0 Å². The molecule has 2 aliphatic rings. The summed E-state index contributed by atoms with van der Waals surface area (Å²) in [4.78, 5) is 1.98. The molecule has 2 heterocycles. The van der Waals surface area contributed by atoms with Crippen LogP contribution in [0.15, 0.2) is 46.9 Å². The molecule has 1 aromatic carbocycles. The van der Waals surface area contributed by atoms with Crippen molar-refractivity contribution in [2.75, 3.05) is 20.7 Å². The van der Waals surface area contributed by atoms with Gasteiger partial charge in [0.05, 0.1) is 31.3 Å². The summed E-state index contributed by atoms with van der Waals surface area (Å²) in [7, 11) is 3.91. The molecule has 166 valence electrons. The summed E-state index contributed by atoms with van der Waals surface area (Å²) in [6.07, 6.45) is 4.04. The number of aliphatic hydroxyl groups is 3. The molecule has 5 unspecified atom stereocenters. The minimum atomic E-state index is -1.04. The maximum absolute atomic E-state index is 10.4. The molecular formula is C23H29N3O5. The SMILES string of the molecule is CN(C)Cc1nnc(C2C=CC(c3cccc(C4OC(CO)CC(O)C4O)c3)=CC2)o1. The largest absolute Gasteiger partial charge is 0.423 e. The minimum absolute atomic E-state index is 0.0410. The molecule has 1 fully saturated rings. The molecule has 0 bridgehead atoms. The molecule has 8 nitrogen and oxygen atoms in total. The molecule has 5 atom stereocenters. The first kappa shape index (κ1) is 21.9. The summed E-state index contributed by atoms with van der Waals surface area (Å²) in [5.74, 6) is 1.25. The maximum Gasteiger partial charge on any atom is 0.230 e. The van der Waals surface area contributed by atoms with Gasteiger partial charge in [0.15, 0.2) is 0 Å². The fraction of sp³-hybridized carbons (Fsp3) is 0.478. The average Bonchev–Trinajstić information content (AvgIpc) is 3.23. The van der Waals surface area contributed by atoms with Crippen LogP contribution in [0.5, 0.6) is 0 Å². The average molecular weight is 428 g/mol. The van der Waals surface area contributed by atoms with Crippen LogP contribution in [0.3, 0.4) is 0 Å². The summed E-state index contributed by atoms with van der Waals surface area (Å²) in [5, 5.41) is 38.3. The quantitative estimate of drug-likeness (QED) is 0.640. The second-order valence-corrected chi connectivity index (χ2v) is 8.41. The highest BCUT2D eigenvalue weighted by Crippen LogP contribution is 2.35. The van der Waals surface area contributed by atoms with E-state index >= 15 is 0 Å². The highest BCUT2D eigenvalue weighted by atomic mass is 16.5. The lowest BCUT2D eigenvalue weighted by Gasteiger charge is -2.37. The Morgan fingerprint density at radius 3 is 2.74 bits per heavy atom. The van der Waals surface area contributed by atoms with Crippen molar-refractivity contribution in [3.8, 4) is 0 Å². The van der Waals surface area contributed by atoms with Crippen molar-refractivity contribution < 1.29 is 24.5 Å². The lowest BCUT2D eigenvalue weighted by Crippen LogP contribution is -2.44. The first-order valence-electron chi connectivity index (χ1n) is 10.5. The molecule has 1 aliphatic heterocycles. The Morgan fingerprint density at radius 2 is 2.03 bits per heavy atom. The van der Waals surface area contributed by atoms with E-state index in [0.717, 1.165) is 23.1 Å². The Bertz CT molecular complexity index is 954. The van der Waals surface area contributed by atoms with E-state index < -0.39 is 24.4 Å². The Morgan fingerprint density at radius 1 is 1.19 bits per heavy atom. The van der Waals surface area contributed by atoms with Crippen molar-refractivity contribution in [3.05, 3.63) is 65.4 Å². The van der Waals surface area contributed by atoms with Gasteiger partial charge < -0.3 is 29.4 Å². The number of aliphatic hydroxyl groups excluding tert-OH is 3. The second-order valence-electron chi connectivity index (χ2n) is 8.41. The van der Waals surface area contributed by atoms with Crippen LogP contribution in [0, 0.1) is 0 Å². The molecule has 1 saturated heterocycles. The molecule has 4 rings (SSSR count). The van der Waals surface area contributed by atoms with Crippen LogP contribution in [-0.4, -0.2) is 69.4 Å². The zero-order chi connectivity index (χ0) is 22.0. The zero-order valence-corrected chi connectivity index (χ0v) is 17.8. The van der Waals surface area contributed by atoms with Gasteiger partial charge in [0.1, 0.15) is 12.2 Å². The Hall–Kier alpha value is -2.36. The Balaban J connectivity index is 1.48. The number of rotatable bonds is 6. The van der Waals surface area contributed by atoms with E-state index in [1.807, 2.05) is 49.3 Å². The summed E-state index contributed by atoms with van der Waals surface area (Å²) >= 11 is 0. The van der Waals surface area contributed by atoms with Gasteiger partial charge in [-0.1, -0.05) is 36.4 Å². The van der Waals surface area contributed by atoms with Crippen molar-refractivity contribution in [2.45, 2.75) is 49.7 Å². The smallest absolute Gasteiger partial charge is 0.230 e. The lowest BCUT2D eigenvalue weighted by atomic mass is 9.89. The number of benzene rings is 1. The predicted molar refractivity (Wildman–Crippen MR) is 114 cm³/mol. The van der Waals surface area contributed by atoms with E-state index in [0.29, 0.717) is 18.3 Å². The van der Waals surface area contributed by atoms with Crippen LogP contribution in [-0.2, 0) is 11.3 Å². The molecule has 0 saturated carbocycles. The molecule has 1 aliphatic carbocycles. The van der Waals surface area contributed by atoms with E-state index in [2.05, 4.69) is 22.3 Å². The van der Waals surface area contributed by atoms with Gasteiger partial charge in [-0.15, -0.1) is 10.2 Å². The fourth-order valence-electron chi connectivity index (χ4n) is 4.01. The molecule has 0 amide bonds. The number of ether oxygens (including phenoxy) is 1. The second kappa shape index (κ2) is 9.42. The predicted octanol–water partition coefficient (Wildman–Crippen LogP) is 1.80. The van der Waals surface area contributed by atoms with Crippen molar-refractivity contribution in [1.29, 1.82) is 0 Å². The third-order valence-corrected chi connectivity index (χ3v) is 5.65. The van der Waals surface area contributed by atoms with E-state index in [-0.39, 0.29) is 18.9 Å². The number of aromatic nitrogens is 2. The first-order chi connectivity index (χ1) is 14.9. The normalized spacial score (nSPS) is 28.7. The van der Waals surface area contributed by atoms with Crippen molar-refractivity contribution in [3.63, 3.8) is 0 Å². The number of nitrogens with zero attached hydrogens (tertiary/aromatic N) is 3. The standard InChI is InChI=1S/C23H29N3O5/c1-26(2)12-20-24-25-23(31-20)15-8-6-14(7-9-15)16-4-3-5-17(10-16)22-21(29)19(28)11-18(13-27)30-22/h3-8,10,15,18-19,21-22,27-29H,9,11-13H2,1-2H3. The van der Waals surface area contributed by atoms with Gasteiger partial charge in [-0.05, 0) is 43.3 Å². The number of hydrogen-bond acceptors (Lipinski definition) is 8. The van der Waals surface area contributed by atoms with Crippen LogP contribution in [0.4, 0.5) is 0 Å². The van der Waals surface area contributed by atoms with Gasteiger partial charge >= 0.3 is 0 Å². The molecule has 2 aromatic rings. The van der Waals surface area contributed by atoms with Gasteiger partial charge in [-0.3, -0.25) is 0 Å². The van der Waals surface area contributed by atoms with Crippen molar-refractivity contribution in [1.82, 2.24) is 15.1 Å². The summed E-state index contributed by atoms with van der Waals surface area (Å²) in [6, 6.07) is 7.72. The topological polar surface area (TPSA) is 112 Å². The molecular weight excluding hydrogens is 398 g/mol. The summed E-state index contributed by atoms with van der Waals surface area (Å²) < 4.78 is 11.6. The molecule has 0 spiro atoms. The Labute approximate surface area is 181 Å². The van der Waals surface area contributed by atoms with Gasteiger partial charge in [0.25, 0.3) is 0 Å². The van der Waals surface area contributed by atoms with Gasteiger partial charge in [0.2, 0.25) is 11.8 Å².